The minimum Gasteiger partial charge on any atom is -0.344 e. The van der Waals surface area contributed by atoms with Gasteiger partial charge >= 0.3 is 0 Å². The third-order valence-electron chi connectivity index (χ3n) is 4.60. The van der Waals surface area contributed by atoms with Gasteiger partial charge in [-0.05, 0) is 18.4 Å². The van der Waals surface area contributed by atoms with Crippen LogP contribution in [0.5, 0.6) is 0 Å². The Hall–Kier alpha value is -0.830. The average molecular weight is 237 g/mol. The quantitative estimate of drug-likeness (QED) is 0.572. The second kappa shape index (κ2) is 5.21. The fourth-order valence-electron chi connectivity index (χ4n) is 3.50. The molecule has 17 heavy (non-hydrogen) atoms. The summed E-state index contributed by atoms with van der Waals surface area (Å²) in [6.45, 7) is 10.9. The van der Waals surface area contributed by atoms with Crippen LogP contribution in [0, 0.1) is 5.92 Å². The van der Waals surface area contributed by atoms with E-state index in [0.29, 0.717) is 12.0 Å². The van der Waals surface area contributed by atoms with Crippen molar-refractivity contribution in [1.82, 2.24) is 5.32 Å². The van der Waals surface area contributed by atoms with Gasteiger partial charge in [0.2, 0.25) is 5.91 Å². The number of quaternary nitrogens is 1. The predicted molar refractivity (Wildman–Crippen MR) is 69.5 cm³/mol. The van der Waals surface area contributed by atoms with E-state index >= 15 is 0 Å². The number of hydrogen-bond donors (Lipinski definition) is 1. The summed E-state index contributed by atoms with van der Waals surface area (Å²) >= 11 is 0. The SMILES string of the molecule is C=CC(=O)N[C@H]1C[N+]2(CCCC)CCC1CC2. The number of carbonyl (C=O) groups is 1. The summed E-state index contributed by atoms with van der Waals surface area (Å²) in [4.78, 5) is 11.4. The van der Waals surface area contributed by atoms with E-state index in [1.165, 1.54) is 55.9 Å². The first kappa shape index (κ1) is 12.6. The van der Waals surface area contributed by atoms with Crippen LogP contribution in [0.1, 0.15) is 32.6 Å². The monoisotopic (exact) mass is 237 g/mol. The molecule has 3 aliphatic rings. The summed E-state index contributed by atoms with van der Waals surface area (Å²) in [5, 5.41) is 3.13. The van der Waals surface area contributed by atoms with Crippen molar-refractivity contribution in [2.75, 3.05) is 26.2 Å². The molecular formula is C14H25N2O+. The molecule has 1 atom stereocenters. The molecular weight excluding hydrogens is 212 g/mol. The molecule has 1 N–H and O–H groups in total. The van der Waals surface area contributed by atoms with Crippen LogP contribution in [0.3, 0.4) is 0 Å². The van der Waals surface area contributed by atoms with Crippen LogP contribution >= 0.6 is 0 Å². The lowest BCUT2D eigenvalue weighted by Gasteiger charge is -2.52. The maximum absolute atomic E-state index is 11.4. The Morgan fingerprint density at radius 1 is 1.47 bits per heavy atom. The molecule has 3 heterocycles. The zero-order valence-corrected chi connectivity index (χ0v) is 11.0. The fourth-order valence-corrected chi connectivity index (χ4v) is 3.50. The molecule has 0 aromatic carbocycles. The van der Waals surface area contributed by atoms with Crippen molar-refractivity contribution >= 4 is 5.91 Å². The number of hydrogen-bond acceptors (Lipinski definition) is 1. The smallest absolute Gasteiger partial charge is 0.243 e. The number of unbranched alkanes of at least 4 members (excludes halogenated alkanes) is 1. The summed E-state index contributed by atoms with van der Waals surface area (Å²) in [5.74, 6) is 0.706. The van der Waals surface area contributed by atoms with E-state index in [1.54, 1.807) is 0 Å². The highest BCUT2D eigenvalue weighted by molar-refractivity contribution is 5.87. The van der Waals surface area contributed by atoms with E-state index in [2.05, 4.69) is 18.8 Å². The van der Waals surface area contributed by atoms with E-state index in [-0.39, 0.29) is 5.91 Å². The fraction of sp³-hybridized carbons (Fsp3) is 0.786. The van der Waals surface area contributed by atoms with E-state index in [0.717, 1.165) is 6.54 Å². The van der Waals surface area contributed by atoms with Crippen molar-refractivity contribution in [2.24, 2.45) is 5.92 Å². The van der Waals surface area contributed by atoms with Crippen molar-refractivity contribution < 1.29 is 9.28 Å². The summed E-state index contributed by atoms with van der Waals surface area (Å²) in [5.41, 5.74) is 0. The lowest BCUT2D eigenvalue weighted by molar-refractivity contribution is -0.944. The highest BCUT2D eigenvalue weighted by Crippen LogP contribution is 2.34. The standard InChI is InChI=1S/C14H24N2O/c1-3-5-8-16-9-6-12(7-10-16)13(11-16)15-14(17)4-2/h4,12-13H,2-3,5-11H2,1H3/p+1/t12?,13-,16?/m0/s1. The minimum absolute atomic E-state index is 0.00242. The Morgan fingerprint density at radius 3 is 2.76 bits per heavy atom. The van der Waals surface area contributed by atoms with Crippen molar-refractivity contribution in [3.63, 3.8) is 0 Å². The second-order valence-electron chi connectivity index (χ2n) is 5.71. The molecule has 0 saturated carbocycles. The van der Waals surface area contributed by atoms with Gasteiger partial charge in [0.05, 0.1) is 32.2 Å². The Balaban J connectivity index is 1.97. The minimum atomic E-state index is -0.00242. The first-order valence-corrected chi connectivity index (χ1v) is 6.97. The van der Waals surface area contributed by atoms with Crippen LogP contribution in [0.15, 0.2) is 12.7 Å². The number of fused-ring (bicyclic) bond motifs is 3. The van der Waals surface area contributed by atoms with Gasteiger partial charge < -0.3 is 9.80 Å². The summed E-state index contributed by atoms with van der Waals surface area (Å²) in [6, 6.07) is 0.389. The molecule has 0 aliphatic carbocycles. The molecule has 3 saturated heterocycles. The Kier molecular flexibility index (Phi) is 3.87. The van der Waals surface area contributed by atoms with Crippen molar-refractivity contribution in [2.45, 2.75) is 38.6 Å². The average Bonchev–Trinajstić information content (AvgIpc) is 2.37. The lowest BCUT2D eigenvalue weighted by atomic mass is 9.81. The van der Waals surface area contributed by atoms with Crippen LogP contribution in [0.25, 0.3) is 0 Å². The molecule has 0 unspecified atom stereocenters. The van der Waals surface area contributed by atoms with E-state index in [4.69, 9.17) is 0 Å². The number of nitrogens with zero attached hydrogens (tertiary/aromatic N) is 1. The summed E-state index contributed by atoms with van der Waals surface area (Å²) in [6.07, 6.45) is 6.55. The molecule has 2 bridgehead atoms. The number of piperidine rings is 3. The Labute approximate surface area is 104 Å². The topological polar surface area (TPSA) is 29.1 Å². The molecule has 3 aliphatic heterocycles. The zero-order valence-electron chi connectivity index (χ0n) is 11.0. The van der Waals surface area contributed by atoms with Crippen molar-refractivity contribution in [3.05, 3.63) is 12.7 Å². The largest absolute Gasteiger partial charge is 0.344 e. The van der Waals surface area contributed by atoms with Gasteiger partial charge in [0, 0.05) is 12.8 Å². The number of nitrogens with one attached hydrogen (secondary N) is 1. The number of amides is 1. The van der Waals surface area contributed by atoms with Gasteiger partial charge in [-0.1, -0.05) is 19.9 Å². The summed E-state index contributed by atoms with van der Waals surface area (Å²) in [7, 11) is 0. The van der Waals surface area contributed by atoms with Gasteiger partial charge in [0.25, 0.3) is 0 Å². The van der Waals surface area contributed by atoms with Crippen LogP contribution in [0.2, 0.25) is 0 Å². The maximum Gasteiger partial charge on any atom is 0.243 e. The van der Waals surface area contributed by atoms with Gasteiger partial charge in [-0.2, -0.15) is 0 Å². The second-order valence-corrected chi connectivity index (χ2v) is 5.71. The van der Waals surface area contributed by atoms with Gasteiger partial charge in [-0.25, -0.2) is 0 Å². The van der Waals surface area contributed by atoms with Crippen LogP contribution in [-0.2, 0) is 4.79 Å². The maximum atomic E-state index is 11.4. The van der Waals surface area contributed by atoms with Gasteiger partial charge in [-0.3, -0.25) is 4.79 Å². The van der Waals surface area contributed by atoms with E-state index in [1.807, 2.05) is 0 Å². The van der Waals surface area contributed by atoms with Crippen LogP contribution in [-0.4, -0.2) is 42.6 Å². The van der Waals surface area contributed by atoms with Gasteiger partial charge in [0.15, 0.2) is 0 Å². The molecule has 0 aromatic rings. The molecule has 0 radical (unpaired) electrons. The predicted octanol–water partition coefficient (Wildman–Crippen LogP) is 1.70. The third-order valence-corrected chi connectivity index (χ3v) is 4.60. The van der Waals surface area contributed by atoms with Crippen molar-refractivity contribution in [3.8, 4) is 0 Å². The third kappa shape index (κ3) is 2.71. The molecule has 3 heteroatoms. The molecule has 96 valence electrons. The first-order valence-electron chi connectivity index (χ1n) is 6.97. The lowest BCUT2D eigenvalue weighted by Crippen LogP contribution is -2.67. The zero-order chi connectivity index (χ0) is 12.3. The molecule has 0 spiro atoms. The molecule has 3 rings (SSSR count). The normalized spacial score (nSPS) is 35.6. The van der Waals surface area contributed by atoms with Crippen LogP contribution < -0.4 is 5.32 Å². The highest BCUT2D eigenvalue weighted by atomic mass is 16.1. The number of carbonyl (C=O) groups excluding carboxylic acids is 1. The molecule has 1 amide bonds. The molecule has 3 nitrogen and oxygen atoms in total. The first-order chi connectivity index (χ1) is 8.19. The molecule has 3 fully saturated rings. The van der Waals surface area contributed by atoms with Crippen molar-refractivity contribution in [1.29, 1.82) is 0 Å². The highest BCUT2D eigenvalue weighted by Gasteiger charge is 2.45. The Morgan fingerprint density at radius 2 is 2.18 bits per heavy atom. The number of rotatable bonds is 5. The van der Waals surface area contributed by atoms with Gasteiger partial charge in [0.1, 0.15) is 0 Å². The Bertz CT molecular complexity index is 293. The van der Waals surface area contributed by atoms with E-state index < -0.39 is 0 Å². The summed E-state index contributed by atoms with van der Waals surface area (Å²) < 4.78 is 1.24. The van der Waals surface area contributed by atoms with Gasteiger partial charge in [-0.15, -0.1) is 0 Å². The van der Waals surface area contributed by atoms with Crippen LogP contribution in [0.4, 0.5) is 0 Å². The van der Waals surface area contributed by atoms with E-state index in [9.17, 15) is 4.79 Å². The molecule has 0 aromatic heterocycles.